The van der Waals surface area contributed by atoms with Crippen molar-refractivity contribution in [2.45, 2.75) is 76.6 Å². The molecule has 7 atom stereocenters. The standard InChI is InChI=1S/C26H37N3O5S/c1-13(8-14(2)30)20-21-15(3)23(22(26(33)34)29(21)25(20)32)35-18-10-19(27-11-18)24(31)28-7-6-17(12-28)9-16-4-5-16/h13,15-21,27H,4-12H2,1-3H3,(H,33,34)/t13-,15+,17?,18-,19-,20+,21+/m0/s1. The first kappa shape index (κ1) is 24.8. The highest BCUT2D eigenvalue weighted by Crippen LogP contribution is 2.53. The number of carbonyl (C=O) groups is 4. The Morgan fingerprint density at radius 2 is 1.94 bits per heavy atom. The molecule has 0 aromatic carbocycles. The quantitative estimate of drug-likeness (QED) is 0.466. The van der Waals surface area contributed by atoms with Crippen LogP contribution in [0.4, 0.5) is 0 Å². The van der Waals surface area contributed by atoms with E-state index in [-0.39, 0.29) is 58.4 Å². The average molecular weight is 504 g/mol. The minimum absolute atomic E-state index is 0.0417. The second kappa shape index (κ2) is 9.54. The first-order valence-electron chi connectivity index (χ1n) is 13.1. The Kier molecular flexibility index (Phi) is 6.76. The molecular weight excluding hydrogens is 466 g/mol. The number of β-lactam (4-membered cyclic amide) rings is 1. The molecule has 5 aliphatic rings. The minimum atomic E-state index is -1.08. The molecule has 8 nitrogen and oxygen atoms in total. The number of ketones is 1. The maximum absolute atomic E-state index is 13.1. The fourth-order valence-electron chi connectivity index (χ4n) is 6.78. The number of aliphatic carboxylic acids is 1. The molecule has 1 saturated carbocycles. The van der Waals surface area contributed by atoms with Crippen LogP contribution in [0.15, 0.2) is 10.6 Å². The van der Waals surface area contributed by atoms with Crippen molar-refractivity contribution in [2.24, 2.45) is 29.6 Å². The molecule has 0 radical (unpaired) electrons. The van der Waals surface area contributed by atoms with Crippen molar-refractivity contribution in [1.29, 1.82) is 0 Å². The maximum atomic E-state index is 13.1. The normalized spacial score (nSPS) is 35.3. The van der Waals surface area contributed by atoms with Crippen LogP contribution in [-0.2, 0) is 19.2 Å². The zero-order valence-electron chi connectivity index (χ0n) is 20.9. The molecule has 0 spiro atoms. The van der Waals surface area contributed by atoms with E-state index in [1.165, 1.54) is 42.8 Å². The van der Waals surface area contributed by atoms with E-state index in [0.29, 0.717) is 25.3 Å². The minimum Gasteiger partial charge on any atom is -0.477 e. The molecule has 0 bridgehead atoms. The Balaban J connectivity index is 1.22. The molecule has 2 N–H and O–H groups in total. The predicted molar refractivity (Wildman–Crippen MR) is 132 cm³/mol. The summed E-state index contributed by atoms with van der Waals surface area (Å²) in [5.41, 5.74) is 0.0982. The summed E-state index contributed by atoms with van der Waals surface area (Å²) in [4.78, 5) is 54.1. The Hall–Kier alpha value is -1.87. The topological polar surface area (TPSA) is 107 Å². The Morgan fingerprint density at radius 3 is 2.60 bits per heavy atom. The number of nitrogens with one attached hydrogen (secondary N) is 1. The van der Waals surface area contributed by atoms with E-state index in [1.54, 1.807) is 0 Å². The Labute approximate surface area is 211 Å². The number of nitrogens with zero attached hydrogens (tertiary/aromatic N) is 2. The van der Waals surface area contributed by atoms with Crippen molar-refractivity contribution in [3.05, 3.63) is 10.6 Å². The van der Waals surface area contributed by atoms with Gasteiger partial charge in [0.15, 0.2) is 0 Å². The molecule has 0 aromatic rings. The van der Waals surface area contributed by atoms with Gasteiger partial charge in [0.05, 0.1) is 18.0 Å². The molecule has 192 valence electrons. The fraction of sp³-hybridized carbons (Fsp3) is 0.769. The van der Waals surface area contributed by atoms with Gasteiger partial charge in [-0.05, 0) is 43.9 Å². The van der Waals surface area contributed by atoms with Crippen molar-refractivity contribution in [2.75, 3.05) is 19.6 Å². The second-order valence-corrected chi connectivity index (χ2v) is 12.8. The number of carboxylic acids is 1. The van der Waals surface area contributed by atoms with Gasteiger partial charge < -0.3 is 25.0 Å². The van der Waals surface area contributed by atoms with Crippen LogP contribution in [0.25, 0.3) is 0 Å². The van der Waals surface area contributed by atoms with Gasteiger partial charge in [-0.25, -0.2) is 4.79 Å². The number of rotatable bonds is 9. The summed E-state index contributed by atoms with van der Waals surface area (Å²) in [6.45, 7) is 7.78. The van der Waals surface area contributed by atoms with Crippen molar-refractivity contribution in [3.8, 4) is 0 Å². The van der Waals surface area contributed by atoms with Crippen molar-refractivity contribution in [1.82, 2.24) is 15.1 Å². The highest BCUT2D eigenvalue weighted by molar-refractivity contribution is 8.03. The summed E-state index contributed by atoms with van der Waals surface area (Å²) in [6, 6.07) is -0.426. The van der Waals surface area contributed by atoms with E-state index < -0.39 is 5.97 Å². The molecule has 4 aliphatic heterocycles. The lowest BCUT2D eigenvalue weighted by Crippen LogP contribution is -2.62. The molecule has 35 heavy (non-hydrogen) atoms. The summed E-state index contributed by atoms with van der Waals surface area (Å²) in [5.74, 6) is -0.0514. The van der Waals surface area contributed by atoms with Crippen LogP contribution in [-0.4, -0.2) is 75.4 Å². The van der Waals surface area contributed by atoms with Gasteiger partial charge in [0.25, 0.3) is 0 Å². The number of hydrogen-bond donors (Lipinski definition) is 2. The monoisotopic (exact) mass is 503 g/mol. The van der Waals surface area contributed by atoms with Gasteiger partial charge in [0.1, 0.15) is 11.5 Å². The van der Waals surface area contributed by atoms with Crippen LogP contribution in [0.3, 0.4) is 0 Å². The van der Waals surface area contributed by atoms with E-state index in [1.807, 2.05) is 18.7 Å². The van der Waals surface area contributed by atoms with Gasteiger partial charge in [-0.15, -0.1) is 11.8 Å². The number of thioether (sulfide) groups is 1. The van der Waals surface area contributed by atoms with Gasteiger partial charge >= 0.3 is 5.97 Å². The highest BCUT2D eigenvalue weighted by atomic mass is 32.2. The molecule has 5 rings (SSSR count). The van der Waals surface area contributed by atoms with E-state index in [2.05, 4.69) is 5.32 Å². The highest BCUT2D eigenvalue weighted by Gasteiger charge is 2.60. The van der Waals surface area contributed by atoms with Crippen LogP contribution >= 0.6 is 11.8 Å². The Morgan fingerprint density at radius 1 is 1.20 bits per heavy atom. The SMILES string of the molecule is CC(=O)C[C@H](C)[C@H]1C(=O)N2C(C(=O)O)=C(S[C@@H]3CN[C@H](C(=O)N4CCC(CC5CC5)C4)C3)[C@H](C)[C@H]12. The summed E-state index contributed by atoms with van der Waals surface area (Å²) in [5, 5.41) is 13.4. The van der Waals surface area contributed by atoms with Gasteiger partial charge in [-0.1, -0.05) is 26.7 Å². The summed E-state index contributed by atoms with van der Waals surface area (Å²) in [7, 11) is 0. The molecule has 3 saturated heterocycles. The molecule has 1 unspecified atom stereocenters. The molecule has 0 aromatic heterocycles. The molecule has 1 aliphatic carbocycles. The number of carbonyl (C=O) groups excluding carboxylic acids is 3. The molecular formula is C26H37N3O5S. The maximum Gasteiger partial charge on any atom is 0.353 e. The van der Waals surface area contributed by atoms with Crippen LogP contribution in [0.1, 0.15) is 59.3 Å². The van der Waals surface area contributed by atoms with Crippen LogP contribution in [0.2, 0.25) is 0 Å². The van der Waals surface area contributed by atoms with Crippen LogP contribution in [0, 0.1) is 29.6 Å². The van der Waals surface area contributed by atoms with E-state index >= 15 is 0 Å². The third-order valence-corrected chi connectivity index (χ3v) is 10.2. The predicted octanol–water partition coefficient (Wildman–Crippen LogP) is 2.49. The lowest BCUT2D eigenvalue weighted by atomic mass is 9.73. The van der Waals surface area contributed by atoms with E-state index in [0.717, 1.165) is 30.3 Å². The van der Waals surface area contributed by atoms with E-state index in [4.69, 9.17) is 0 Å². The molecule has 4 fully saturated rings. The third kappa shape index (κ3) is 4.66. The zero-order valence-corrected chi connectivity index (χ0v) is 21.7. The summed E-state index contributed by atoms with van der Waals surface area (Å²) >= 11 is 1.52. The van der Waals surface area contributed by atoms with Crippen molar-refractivity contribution >= 4 is 35.3 Å². The number of carboxylic acid groups (broad SMARTS) is 1. The van der Waals surface area contributed by atoms with E-state index in [9.17, 15) is 24.3 Å². The molecule has 2 amide bonds. The zero-order chi connectivity index (χ0) is 25.0. The largest absolute Gasteiger partial charge is 0.477 e. The number of fused-ring (bicyclic) bond motifs is 1. The Bertz CT molecular complexity index is 963. The number of amides is 2. The van der Waals surface area contributed by atoms with Crippen molar-refractivity contribution in [3.63, 3.8) is 0 Å². The van der Waals surface area contributed by atoms with Crippen molar-refractivity contribution < 1.29 is 24.3 Å². The molecule has 9 heteroatoms. The number of hydrogen-bond acceptors (Lipinski definition) is 6. The van der Waals surface area contributed by atoms with Gasteiger partial charge in [0.2, 0.25) is 11.8 Å². The third-order valence-electron chi connectivity index (χ3n) is 8.66. The van der Waals surface area contributed by atoms with Gasteiger partial charge in [-0.3, -0.25) is 9.59 Å². The molecule has 4 heterocycles. The number of Topliss-reactive ketones (excluding diaryl/α,β-unsaturated/α-hetero) is 1. The lowest BCUT2D eigenvalue weighted by molar-refractivity contribution is -0.160. The second-order valence-electron chi connectivity index (χ2n) is 11.5. The smallest absolute Gasteiger partial charge is 0.353 e. The lowest BCUT2D eigenvalue weighted by Gasteiger charge is -2.47. The summed E-state index contributed by atoms with van der Waals surface area (Å²) < 4.78 is 0. The van der Waals surface area contributed by atoms with Crippen LogP contribution < -0.4 is 5.32 Å². The van der Waals surface area contributed by atoms with Crippen LogP contribution in [0.5, 0.6) is 0 Å². The first-order chi connectivity index (χ1) is 16.7. The first-order valence-corrected chi connectivity index (χ1v) is 14.0. The summed E-state index contributed by atoms with van der Waals surface area (Å²) in [6.07, 6.45) is 6.05. The van der Waals surface area contributed by atoms with Gasteiger partial charge in [-0.2, -0.15) is 0 Å². The fourth-order valence-corrected chi connectivity index (χ4v) is 8.26. The number of likely N-dealkylation sites (tertiary alicyclic amines) is 1. The average Bonchev–Trinajstić information content (AvgIpc) is 3.18. The van der Waals surface area contributed by atoms with Gasteiger partial charge in [0, 0.05) is 42.1 Å².